The predicted octanol–water partition coefficient (Wildman–Crippen LogP) is 0.255. The number of esters is 9. The van der Waals surface area contributed by atoms with Gasteiger partial charge in [-0.3, -0.25) is 0 Å². The van der Waals surface area contributed by atoms with Crippen LogP contribution >= 0.6 is 0 Å². The second-order valence-electron chi connectivity index (χ2n) is 29.8. The van der Waals surface area contributed by atoms with E-state index in [9.17, 15) is 173 Å². The van der Waals surface area contributed by atoms with Crippen molar-refractivity contribution in [3.8, 4) is 205 Å². The van der Waals surface area contributed by atoms with Gasteiger partial charge in [0.25, 0.3) is 0 Å². The number of ether oxygens (including phenoxy) is 12. The van der Waals surface area contributed by atoms with E-state index in [1.54, 1.807) is 0 Å². The Kier molecular flexibility index (Phi) is 20.6. The molecule has 0 radical (unpaired) electrons. The minimum absolute atomic E-state index is 0.0122. The number of aliphatic hydroxyl groups excluding tert-OH is 4. The molecule has 14 unspecified atom stereocenters. The summed E-state index contributed by atoms with van der Waals surface area (Å²) in [6, 6.07) is 1.42. The van der Waals surface area contributed by atoms with Crippen molar-refractivity contribution in [2.24, 2.45) is 0 Å². The highest BCUT2D eigenvalue weighted by molar-refractivity contribution is 6.14. The fraction of sp³-hybridized carbons (Fsp3) is 0.212. The Morgan fingerprint density at radius 3 is 1.08 bits per heavy atom. The van der Waals surface area contributed by atoms with Crippen LogP contribution in [0, 0.1) is 0 Å². The molecule has 14 atom stereocenters. The predicted molar refractivity (Wildman–Crippen MR) is 405 cm³/mol. The second-order valence-corrected chi connectivity index (χ2v) is 29.8. The SMILES string of the molecule is O=C(OC1COC(=O)c2cc(O)c(O)c(O)c2-c2c(cc(O)c(O)c2O)C(=O)OC1C1OC(=O)c2cc(O)c(O)c(O)c2-c2c(O)c(O)c(O)c3c2C(=O)OC1C3C1(O)OCC(O)C(O)C1O)c1cc(O)c(O)c(O)c1Oc1cc2c(c(O)c1O)-c1c(cc(O)c(O)c1O)C(=O)OCC1OC(O)C3OC(=O)c4cc(O)c(O)c(O)c4-c4c(cc(O)c(O)c4O)C(=O)OC3C1OC2=O. The molecular weight excluding hydrogens is 1790 g/mol. The van der Waals surface area contributed by atoms with Gasteiger partial charge in [-0.05, 0) is 36.4 Å². The summed E-state index contributed by atoms with van der Waals surface area (Å²) in [4.78, 5) is 137. The van der Waals surface area contributed by atoms with Crippen LogP contribution in [-0.4, -0.2) is 311 Å². The Morgan fingerprint density at radius 1 is 0.318 bits per heavy atom. The zero-order valence-corrected chi connectivity index (χ0v) is 64.7. The van der Waals surface area contributed by atoms with Gasteiger partial charge >= 0.3 is 53.7 Å². The van der Waals surface area contributed by atoms with Crippen LogP contribution in [0.1, 0.15) is 105 Å². The number of aliphatic hydroxyl groups is 5. The number of hydrogen-bond donors (Lipinski definition) is 31. The Morgan fingerprint density at radius 2 is 0.652 bits per heavy atom. The fourth-order valence-electron chi connectivity index (χ4n) is 16.1. The molecule has 52 heteroatoms. The molecule has 7 aliphatic rings. The number of benzene rings is 9. The van der Waals surface area contributed by atoms with Crippen molar-refractivity contribution in [2.75, 3.05) is 19.8 Å². The van der Waals surface area contributed by atoms with E-state index in [0.717, 1.165) is 0 Å². The van der Waals surface area contributed by atoms with Gasteiger partial charge in [0.2, 0.25) is 63.3 Å². The normalized spacial score (nSPS) is 23.8. The highest BCUT2D eigenvalue weighted by atomic mass is 16.7. The maximum atomic E-state index is 15.9. The fourth-order valence-corrected chi connectivity index (χ4v) is 16.1. The average Bonchev–Trinajstić information content (AvgIpc) is 0.696. The highest BCUT2D eigenvalue weighted by Crippen LogP contribution is 2.64. The molecule has 0 saturated carbocycles. The molecule has 2 fully saturated rings. The van der Waals surface area contributed by atoms with E-state index in [4.69, 9.17) is 56.8 Å². The third-order valence-electron chi connectivity index (χ3n) is 22.4. The monoisotopic (exact) mass is 1850 g/mol. The van der Waals surface area contributed by atoms with Crippen LogP contribution in [0.2, 0.25) is 0 Å². The number of fused-ring (bicyclic) bond motifs is 16. The lowest BCUT2D eigenvalue weighted by molar-refractivity contribution is -0.341. The third kappa shape index (κ3) is 13.1. The molecule has 16 rings (SSSR count). The molecule has 2 bridgehead atoms. The average molecular weight is 1850 g/mol. The first kappa shape index (κ1) is 88.0. The molecule has 52 nitrogen and oxygen atoms in total. The van der Waals surface area contributed by atoms with Crippen LogP contribution in [0.25, 0.3) is 44.5 Å². The first-order chi connectivity index (χ1) is 62.0. The number of phenols is 26. The Bertz CT molecular complexity index is 6690. The standard InChI is InChI=1S/C80H58O52/c81-20-1-12-31(51(98)42(20)89)33-14(3-22(83)44(91)53(33)100)72(112)127-63(66-65-41(80(120)69(109)49(96)27(88)9-123-80)40-39(78(118)129-65)38(58(105)60(107)59(40)106)37-17(74(114)130-66)6-25(86)47(94)56(37)103)29(10-121-70(12)110)125-77(117)19-7-26(87)48(95)61(108)62(19)124-28-8-18-36(57(104)50(28)97)32-13(2-21(82)43(90)52(32)99)71(111)122-11-30-64(128-76(18)116)67-68(79(119)126-30)132-75(115)16-5-24(85)46(93)55(102)35(16)34-15(73(113)131-67)4-23(84)45(92)54(34)101/h1-8,27,29-30,41,49,63-69,79,81-109,119-120H,9-11H2. The number of cyclic esters (lactones) is 4. The summed E-state index contributed by atoms with van der Waals surface area (Å²) < 4.78 is 68.4. The van der Waals surface area contributed by atoms with Gasteiger partial charge in [-0.15, -0.1) is 0 Å². The molecule has 9 aromatic carbocycles. The molecule has 31 N–H and O–H groups in total. The quantitative estimate of drug-likeness (QED) is 0.0603. The summed E-state index contributed by atoms with van der Waals surface area (Å²) >= 11 is 0. The van der Waals surface area contributed by atoms with E-state index >= 15 is 28.8 Å². The van der Waals surface area contributed by atoms with Gasteiger partial charge in [0, 0.05) is 62.2 Å². The minimum atomic E-state index is -4.01. The molecular formula is C80H58O52. The summed E-state index contributed by atoms with van der Waals surface area (Å²) in [5.41, 5.74) is -25.8. The summed E-state index contributed by atoms with van der Waals surface area (Å²) in [5, 5.41) is 355. The molecule has 7 aliphatic heterocycles. The van der Waals surface area contributed by atoms with E-state index in [1.807, 2.05) is 0 Å². The van der Waals surface area contributed by atoms with E-state index in [2.05, 4.69) is 0 Å². The molecule has 0 spiro atoms. The van der Waals surface area contributed by atoms with Gasteiger partial charge in [0.15, 0.2) is 153 Å². The van der Waals surface area contributed by atoms with Gasteiger partial charge < -0.3 is 215 Å². The molecule has 690 valence electrons. The van der Waals surface area contributed by atoms with Gasteiger partial charge in [0.05, 0.1) is 57.0 Å². The maximum Gasteiger partial charge on any atom is 0.342 e. The molecule has 2 saturated heterocycles. The van der Waals surface area contributed by atoms with Crippen LogP contribution in [0.3, 0.4) is 0 Å². The Labute approximate surface area is 724 Å². The summed E-state index contributed by atoms with van der Waals surface area (Å²) in [7, 11) is 0. The number of carbonyl (C=O) groups is 9. The Hall–Kier alpha value is -17.5. The number of carbonyl (C=O) groups excluding carboxylic acids is 9. The number of rotatable bonds is 6. The van der Waals surface area contributed by atoms with Gasteiger partial charge in [-0.2, -0.15) is 0 Å². The van der Waals surface area contributed by atoms with E-state index in [-0.39, 0.29) is 36.4 Å². The zero-order valence-electron chi connectivity index (χ0n) is 64.7. The maximum absolute atomic E-state index is 15.9. The third-order valence-corrected chi connectivity index (χ3v) is 22.4. The van der Waals surface area contributed by atoms with Crippen LogP contribution in [0.15, 0.2) is 48.5 Å². The molecule has 9 aromatic rings. The lowest BCUT2D eigenvalue weighted by atomic mass is 9.71. The van der Waals surface area contributed by atoms with Crippen LogP contribution in [0.4, 0.5) is 0 Å². The zero-order chi connectivity index (χ0) is 96.0. The van der Waals surface area contributed by atoms with Crippen molar-refractivity contribution >= 4 is 53.7 Å². The molecule has 7 heterocycles. The lowest BCUT2D eigenvalue weighted by Gasteiger charge is -2.51. The largest absolute Gasteiger partial charge is 0.504 e. The van der Waals surface area contributed by atoms with Gasteiger partial charge in [-0.1, -0.05) is 0 Å². The van der Waals surface area contributed by atoms with Gasteiger partial charge in [0.1, 0.15) is 43.2 Å². The van der Waals surface area contributed by atoms with E-state index in [1.165, 1.54) is 0 Å². The van der Waals surface area contributed by atoms with Crippen LogP contribution < -0.4 is 4.74 Å². The van der Waals surface area contributed by atoms with Crippen molar-refractivity contribution in [3.63, 3.8) is 0 Å². The first-order valence-corrected chi connectivity index (χ1v) is 37.1. The molecule has 0 aliphatic carbocycles. The van der Waals surface area contributed by atoms with Crippen molar-refractivity contribution < 1.29 is 258 Å². The van der Waals surface area contributed by atoms with Crippen LogP contribution in [-0.2, 0) is 52.1 Å². The highest BCUT2D eigenvalue weighted by Gasteiger charge is 2.65. The topological polar surface area (TPSA) is 892 Å². The Balaban J connectivity index is 0.887. The second kappa shape index (κ2) is 30.9. The smallest absolute Gasteiger partial charge is 0.342 e. The van der Waals surface area contributed by atoms with Crippen molar-refractivity contribution in [3.05, 3.63) is 104 Å². The van der Waals surface area contributed by atoms with E-state index in [0.29, 0.717) is 12.1 Å². The number of hydrogen-bond acceptors (Lipinski definition) is 52. The van der Waals surface area contributed by atoms with Gasteiger partial charge in [-0.25, -0.2) is 43.2 Å². The van der Waals surface area contributed by atoms with Crippen molar-refractivity contribution in [1.29, 1.82) is 0 Å². The molecule has 0 aromatic heterocycles. The minimum Gasteiger partial charge on any atom is -0.504 e. The van der Waals surface area contributed by atoms with E-state index < -0.39 is 420 Å². The molecule has 0 amide bonds. The van der Waals surface area contributed by atoms with Crippen molar-refractivity contribution in [1.82, 2.24) is 0 Å². The summed E-state index contributed by atoms with van der Waals surface area (Å²) in [6.07, 6.45) is -35.1. The molecule has 132 heavy (non-hydrogen) atoms. The lowest BCUT2D eigenvalue weighted by Crippen LogP contribution is -2.68. The summed E-state index contributed by atoms with van der Waals surface area (Å²) in [5.74, 6) is -74.0. The van der Waals surface area contributed by atoms with Crippen LogP contribution in [0.5, 0.6) is 161 Å². The number of aromatic hydroxyl groups is 26. The number of phenolic OH excluding ortho intramolecular Hbond substituents is 26. The first-order valence-electron chi connectivity index (χ1n) is 37.1. The summed E-state index contributed by atoms with van der Waals surface area (Å²) in [6.45, 7) is -4.92. The van der Waals surface area contributed by atoms with Crippen molar-refractivity contribution in [2.45, 2.75) is 85.1 Å².